The van der Waals surface area contributed by atoms with Crippen LogP contribution in [-0.4, -0.2) is 23.8 Å². The van der Waals surface area contributed by atoms with E-state index in [1.807, 2.05) is 31.2 Å². The quantitative estimate of drug-likeness (QED) is 0.824. The van der Waals surface area contributed by atoms with Gasteiger partial charge in [-0.25, -0.2) is 0 Å². The number of benzene rings is 2. The van der Waals surface area contributed by atoms with Crippen molar-refractivity contribution in [2.24, 2.45) is 11.8 Å². The molecule has 1 N–H and O–H groups in total. The van der Waals surface area contributed by atoms with Gasteiger partial charge in [-0.05, 0) is 61.2 Å². The summed E-state index contributed by atoms with van der Waals surface area (Å²) in [7, 11) is 1.78. The fraction of sp³-hybridized carbons (Fsp3) is 0.333. The number of carbonyl (C=O) groups excluding carboxylic acids is 2. The number of rotatable bonds is 5. The predicted molar refractivity (Wildman–Crippen MR) is 104 cm³/mol. The first-order valence-corrected chi connectivity index (χ1v) is 9.18. The van der Waals surface area contributed by atoms with Crippen LogP contribution in [-0.2, 0) is 4.79 Å². The molecule has 1 fully saturated rings. The van der Waals surface area contributed by atoms with Gasteiger partial charge >= 0.3 is 0 Å². The Morgan fingerprint density at radius 2 is 1.69 bits per heavy atom. The van der Waals surface area contributed by atoms with Crippen LogP contribution < -0.4 is 5.32 Å². The third kappa shape index (κ3) is 4.07. The molecule has 0 bridgehead atoms. The lowest BCUT2D eigenvalue weighted by atomic mass is 10.1. The zero-order valence-electron chi connectivity index (χ0n) is 15.2. The molecule has 0 radical (unpaired) electrons. The van der Waals surface area contributed by atoms with Crippen LogP contribution in [0.25, 0.3) is 0 Å². The maximum absolute atomic E-state index is 12.7. The van der Waals surface area contributed by atoms with Gasteiger partial charge in [0, 0.05) is 29.2 Å². The van der Waals surface area contributed by atoms with Crippen LogP contribution >= 0.6 is 11.6 Å². The van der Waals surface area contributed by atoms with Crippen LogP contribution in [0.4, 0.5) is 5.69 Å². The predicted octanol–water partition coefficient (Wildman–Crippen LogP) is 4.77. The lowest BCUT2D eigenvalue weighted by molar-refractivity contribution is -0.117. The molecule has 3 unspecified atom stereocenters. The Labute approximate surface area is 159 Å². The van der Waals surface area contributed by atoms with Gasteiger partial charge in [0.1, 0.15) is 0 Å². The fourth-order valence-electron chi connectivity index (χ4n) is 2.96. The van der Waals surface area contributed by atoms with E-state index in [1.165, 1.54) is 0 Å². The van der Waals surface area contributed by atoms with Crippen molar-refractivity contribution in [2.45, 2.75) is 26.3 Å². The van der Waals surface area contributed by atoms with Crippen molar-refractivity contribution in [3.8, 4) is 0 Å². The smallest absolute Gasteiger partial charge is 0.254 e. The number of hydrogen-bond donors (Lipinski definition) is 1. The maximum Gasteiger partial charge on any atom is 0.254 e. The van der Waals surface area contributed by atoms with E-state index in [4.69, 9.17) is 11.6 Å². The summed E-state index contributed by atoms with van der Waals surface area (Å²) in [5, 5.41) is 3.58. The van der Waals surface area contributed by atoms with E-state index < -0.39 is 0 Å². The molecule has 2 aromatic carbocycles. The summed E-state index contributed by atoms with van der Waals surface area (Å²) in [6, 6.07) is 14.5. The molecule has 0 saturated heterocycles. The van der Waals surface area contributed by atoms with Gasteiger partial charge < -0.3 is 10.2 Å². The van der Waals surface area contributed by atoms with Gasteiger partial charge in [0.25, 0.3) is 5.91 Å². The first-order valence-electron chi connectivity index (χ1n) is 8.80. The van der Waals surface area contributed by atoms with Gasteiger partial charge in [-0.15, -0.1) is 0 Å². The van der Waals surface area contributed by atoms with Gasteiger partial charge in [0.15, 0.2) is 0 Å². The maximum atomic E-state index is 12.7. The second kappa shape index (κ2) is 7.50. The van der Waals surface area contributed by atoms with Gasteiger partial charge in [0.2, 0.25) is 5.91 Å². The first-order chi connectivity index (χ1) is 12.4. The van der Waals surface area contributed by atoms with Crippen molar-refractivity contribution in [1.29, 1.82) is 0 Å². The lowest BCUT2D eigenvalue weighted by Gasteiger charge is -2.25. The van der Waals surface area contributed by atoms with Crippen molar-refractivity contribution in [1.82, 2.24) is 4.90 Å². The largest absolute Gasteiger partial charge is 0.335 e. The van der Waals surface area contributed by atoms with Gasteiger partial charge in [-0.3, -0.25) is 9.59 Å². The normalized spacial score (nSPS) is 19.5. The Bertz CT molecular complexity index is 802. The SMILES string of the molecule is CC1CC1C(=O)Nc1ccc(C(=O)N(C)C(C)c2ccc(Cl)cc2)cc1. The minimum Gasteiger partial charge on any atom is -0.335 e. The first kappa shape index (κ1) is 18.5. The van der Waals surface area contributed by atoms with Crippen molar-refractivity contribution < 1.29 is 9.59 Å². The van der Waals surface area contributed by atoms with E-state index in [0.29, 0.717) is 16.5 Å². The number of anilines is 1. The zero-order chi connectivity index (χ0) is 18.8. The Morgan fingerprint density at radius 1 is 1.12 bits per heavy atom. The molecular weight excluding hydrogens is 348 g/mol. The van der Waals surface area contributed by atoms with Crippen molar-refractivity contribution in [2.75, 3.05) is 12.4 Å². The highest BCUT2D eigenvalue weighted by Crippen LogP contribution is 2.38. The number of halogens is 1. The van der Waals surface area contributed by atoms with Gasteiger partial charge in [0.05, 0.1) is 6.04 Å². The third-order valence-corrected chi connectivity index (χ3v) is 5.35. The van der Waals surface area contributed by atoms with Crippen LogP contribution in [0.15, 0.2) is 48.5 Å². The molecule has 136 valence electrons. The zero-order valence-corrected chi connectivity index (χ0v) is 16.0. The molecule has 5 heteroatoms. The number of nitrogens with zero attached hydrogens (tertiary/aromatic N) is 1. The number of amides is 2. The van der Waals surface area contributed by atoms with Crippen LogP contribution in [0, 0.1) is 11.8 Å². The molecule has 1 aliphatic carbocycles. The Morgan fingerprint density at radius 3 is 2.23 bits per heavy atom. The molecule has 26 heavy (non-hydrogen) atoms. The molecule has 0 heterocycles. The highest BCUT2D eigenvalue weighted by molar-refractivity contribution is 6.30. The number of nitrogens with one attached hydrogen (secondary N) is 1. The summed E-state index contributed by atoms with van der Waals surface area (Å²) >= 11 is 5.93. The standard InChI is InChI=1S/C21H23ClN2O2/c1-13-12-19(13)20(25)23-18-10-6-16(7-11-18)21(26)24(3)14(2)15-4-8-17(22)9-5-15/h4-11,13-14,19H,12H2,1-3H3,(H,23,25). The van der Waals surface area contributed by atoms with E-state index >= 15 is 0 Å². The summed E-state index contributed by atoms with van der Waals surface area (Å²) in [5.74, 6) is 0.590. The molecule has 1 aliphatic rings. The molecule has 2 amide bonds. The van der Waals surface area contributed by atoms with Crippen molar-refractivity contribution in [3.63, 3.8) is 0 Å². The molecule has 4 nitrogen and oxygen atoms in total. The van der Waals surface area contributed by atoms with E-state index in [1.54, 1.807) is 36.2 Å². The molecule has 3 rings (SSSR count). The van der Waals surface area contributed by atoms with Gasteiger partial charge in [-0.1, -0.05) is 30.7 Å². The highest BCUT2D eigenvalue weighted by Gasteiger charge is 2.39. The van der Waals surface area contributed by atoms with Crippen LogP contribution in [0.5, 0.6) is 0 Å². The van der Waals surface area contributed by atoms with Crippen molar-refractivity contribution >= 4 is 29.1 Å². The minimum atomic E-state index is -0.0736. The van der Waals surface area contributed by atoms with Gasteiger partial charge in [-0.2, -0.15) is 0 Å². The molecule has 3 atom stereocenters. The molecule has 0 aliphatic heterocycles. The molecule has 0 spiro atoms. The number of carbonyl (C=O) groups is 2. The van der Waals surface area contributed by atoms with E-state index in [2.05, 4.69) is 12.2 Å². The average Bonchev–Trinajstić information content (AvgIpc) is 3.38. The second-order valence-electron chi connectivity index (χ2n) is 7.03. The molecule has 1 saturated carbocycles. The molecule has 2 aromatic rings. The summed E-state index contributed by atoms with van der Waals surface area (Å²) < 4.78 is 0. The average molecular weight is 371 g/mol. The van der Waals surface area contributed by atoms with Crippen LogP contribution in [0.1, 0.15) is 42.2 Å². The van der Waals surface area contributed by atoms with Crippen LogP contribution in [0.3, 0.4) is 0 Å². The second-order valence-corrected chi connectivity index (χ2v) is 7.47. The Hall–Kier alpha value is -2.33. The summed E-state index contributed by atoms with van der Waals surface area (Å²) in [5.41, 5.74) is 2.33. The molecule has 0 aromatic heterocycles. The van der Waals surface area contributed by atoms with E-state index in [9.17, 15) is 9.59 Å². The fourth-order valence-corrected chi connectivity index (χ4v) is 3.09. The van der Waals surface area contributed by atoms with Crippen LogP contribution in [0.2, 0.25) is 5.02 Å². The summed E-state index contributed by atoms with van der Waals surface area (Å²) in [6.07, 6.45) is 0.954. The lowest BCUT2D eigenvalue weighted by Crippen LogP contribution is -2.29. The Kier molecular flexibility index (Phi) is 5.33. The summed E-state index contributed by atoms with van der Waals surface area (Å²) in [6.45, 7) is 4.05. The van der Waals surface area contributed by atoms with Crippen molar-refractivity contribution in [3.05, 3.63) is 64.7 Å². The topological polar surface area (TPSA) is 49.4 Å². The van der Waals surface area contributed by atoms with E-state index in [-0.39, 0.29) is 23.8 Å². The summed E-state index contributed by atoms with van der Waals surface area (Å²) in [4.78, 5) is 26.4. The monoisotopic (exact) mass is 370 g/mol. The highest BCUT2D eigenvalue weighted by atomic mass is 35.5. The number of hydrogen-bond acceptors (Lipinski definition) is 2. The van der Waals surface area contributed by atoms with E-state index in [0.717, 1.165) is 17.7 Å². The third-order valence-electron chi connectivity index (χ3n) is 5.10. The minimum absolute atomic E-state index is 0.0602. The molecular formula is C21H23ClN2O2. The Balaban J connectivity index is 1.65.